The molecule has 4 nitrogen and oxygen atoms in total. The minimum absolute atomic E-state index is 0.137. The average molecular weight is 238 g/mol. The van der Waals surface area contributed by atoms with E-state index >= 15 is 0 Å². The highest BCUT2D eigenvalue weighted by Crippen LogP contribution is 2.28. The van der Waals surface area contributed by atoms with Crippen LogP contribution < -0.4 is 0 Å². The lowest BCUT2D eigenvalue weighted by Gasteiger charge is -2.05. The van der Waals surface area contributed by atoms with Gasteiger partial charge in [-0.3, -0.25) is 4.55 Å². The summed E-state index contributed by atoms with van der Waals surface area (Å²) in [4.78, 5) is -0.137. The van der Waals surface area contributed by atoms with Crippen molar-refractivity contribution >= 4 is 10.1 Å². The normalized spacial score (nSPS) is 11.6. The van der Waals surface area contributed by atoms with Gasteiger partial charge in [-0.15, -0.1) is 0 Å². The Balaban J connectivity index is 2.72. The summed E-state index contributed by atoms with van der Waals surface area (Å²) in [7, 11) is -4.24. The van der Waals surface area contributed by atoms with Crippen molar-refractivity contribution in [1.29, 1.82) is 0 Å². The van der Waals surface area contributed by atoms with Gasteiger partial charge in [-0.2, -0.15) is 8.42 Å². The van der Waals surface area contributed by atoms with Crippen LogP contribution in [0.5, 0.6) is 0 Å². The summed E-state index contributed by atoms with van der Waals surface area (Å²) in [5.41, 5.74) is 1.11. The molecule has 84 valence electrons. The van der Waals surface area contributed by atoms with Crippen molar-refractivity contribution in [2.45, 2.75) is 11.8 Å². The minimum atomic E-state index is -4.24. The van der Waals surface area contributed by atoms with Gasteiger partial charge >= 0.3 is 0 Å². The maximum atomic E-state index is 11.2. The van der Waals surface area contributed by atoms with Crippen LogP contribution in [0.4, 0.5) is 0 Å². The molecule has 0 atom stereocenters. The monoisotopic (exact) mass is 238 g/mol. The van der Waals surface area contributed by atoms with Crippen LogP contribution in [0.1, 0.15) is 5.56 Å². The molecule has 0 amide bonds. The maximum Gasteiger partial charge on any atom is 0.295 e. The second-order valence-electron chi connectivity index (χ2n) is 3.45. The van der Waals surface area contributed by atoms with E-state index in [0.29, 0.717) is 11.3 Å². The van der Waals surface area contributed by atoms with E-state index in [0.717, 1.165) is 5.56 Å². The van der Waals surface area contributed by atoms with E-state index in [-0.39, 0.29) is 4.90 Å². The summed E-state index contributed by atoms with van der Waals surface area (Å²) in [5, 5.41) is 0. The van der Waals surface area contributed by atoms with Crippen LogP contribution in [0.2, 0.25) is 0 Å². The molecule has 5 heteroatoms. The first-order valence-electron chi connectivity index (χ1n) is 4.60. The highest BCUT2D eigenvalue weighted by atomic mass is 32.2. The number of hydrogen-bond donors (Lipinski definition) is 1. The van der Waals surface area contributed by atoms with Crippen molar-refractivity contribution in [1.82, 2.24) is 0 Å². The largest absolute Gasteiger partial charge is 0.464 e. The maximum absolute atomic E-state index is 11.2. The van der Waals surface area contributed by atoms with E-state index in [2.05, 4.69) is 0 Å². The second kappa shape index (κ2) is 3.77. The standard InChI is InChI=1S/C11H10O4S/c1-8-4-5-9(10-3-2-6-15-10)11(7-8)16(12,13)14/h2-7H,1H3,(H,12,13,14). The number of furan rings is 1. The lowest BCUT2D eigenvalue weighted by molar-refractivity contribution is 0.482. The molecular weight excluding hydrogens is 228 g/mol. The fourth-order valence-electron chi connectivity index (χ4n) is 1.48. The summed E-state index contributed by atoms with van der Waals surface area (Å²) >= 11 is 0. The van der Waals surface area contributed by atoms with Gasteiger partial charge in [-0.05, 0) is 36.8 Å². The van der Waals surface area contributed by atoms with Gasteiger partial charge in [0.05, 0.1) is 6.26 Å². The molecule has 1 N–H and O–H groups in total. The van der Waals surface area contributed by atoms with Crippen LogP contribution in [-0.2, 0) is 10.1 Å². The van der Waals surface area contributed by atoms with Crippen molar-refractivity contribution < 1.29 is 17.4 Å². The zero-order chi connectivity index (χ0) is 11.8. The van der Waals surface area contributed by atoms with Gasteiger partial charge in [0.1, 0.15) is 10.7 Å². The summed E-state index contributed by atoms with van der Waals surface area (Å²) in [6, 6.07) is 8.07. The van der Waals surface area contributed by atoms with E-state index in [1.54, 1.807) is 31.2 Å². The van der Waals surface area contributed by atoms with Crippen molar-refractivity contribution in [3.63, 3.8) is 0 Å². The summed E-state index contributed by atoms with van der Waals surface area (Å²) in [6.45, 7) is 1.75. The highest BCUT2D eigenvalue weighted by Gasteiger charge is 2.18. The molecule has 0 radical (unpaired) electrons. The summed E-state index contributed by atoms with van der Waals surface area (Å²) in [6.07, 6.45) is 1.45. The molecule has 2 rings (SSSR count). The highest BCUT2D eigenvalue weighted by molar-refractivity contribution is 7.86. The van der Waals surface area contributed by atoms with Crippen molar-refractivity contribution in [3.8, 4) is 11.3 Å². The Morgan fingerprint density at radius 1 is 1.25 bits per heavy atom. The molecule has 0 fully saturated rings. The smallest absolute Gasteiger partial charge is 0.295 e. The van der Waals surface area contributed by atoms with Crippen LogP contribution >= 0.6 is 0 Å². The van der Waals surface area contributed by atoms with Crippen LogP contribution in [0.15, 0.2) is 45.9 Å². The van der Waals surface area contributed by atoms with Crippen LogP contribution in [0.3, 0.4) is 0 Å². The third-order valence-corrected chi connectivity index (χ3v) is 3.10. The fraction of sp³-hybridized carbons (Fsp3) is 0.0909. The Kier molecular flexibility index (Phi) is 2.57. The Morgan fingerprint density at radius 3 is 2.56 bits per heavy atom. The molecule has 0 aliphatic heterocycles. The summed E-state index contributed by atoms with van der Waals surface area (Å²) < 4.78 is 36.7. The SMILES string of the molecule is Cc1ccc(-c2ccco2)c(S(=O)(=O)O)c1. The van der Waals surface area contributed by atoms with E-state index in [9.17, 15) is 8.42 Å². The lowest BCUT2D eigenvalue weighted by atomic mass is 10.1. The van der Waals surface area contributed by atoms with E-state index in [4.69, 9.17) is 8.97 Å². The quantitative estimate of drug-likeness (QED) is 0.816. The summed E-state index contributed by atoms with van der Waals surface area (Å²) in [5.74, 6) is 0.410. The van der Waals surface area contributed by atoms with Crippen molar-refractivity contribution in [2.24, 2.45) is 0 Å². The number of benzene rings is 1. The number of hydrogen-bond acceptors (Lipinski definition) is 3. The molecule has 16 heavy (non-hydrogen) atoms. The Labute approximate surface area is 93.3 Å². The second-order valence-corrected chi connectivity index (χ2v) is 4.84. The zero-order valence-corrected chi connectivity index (χ0v) is 9.36. The molecule has 0 saturated carbocycles. The molecule has 0 unspecified atom stereocenters. The topological polar surface area (TPSA) is 67.5 Å². The van der Waals surface area contributed by atoms with Gasteiger partial charge in [0, 0.05) is 5.56 Å². The molecule has 1 aromatic carbocycles. The Morgan fingerprint density at radius 2 is 2.00 bits per heavy atom. The average Bonchev–Trinajstić information content (AvgIpc) is 2.69. The van der Waals surface area contributed by atoms with Crippen LogP contribution in [-0.4, -0.2) is 13.0 Å². The lowest BCUT2D eigenvalue weighted by Crippen LogP contribution is -2.01. The van der Waals surface area contributed by atoms with E-state index in [1.165, 1.54) is 12.3 Å². The molecule has 2 aromatic rings. The van der Waals surface area contributed by atoms with Crippen molar-refractivity contribution in [3.05, 3.63) is 42.2 Å². The third-order valence-electron chi connectivity index (χ3n) is 2.20. The molecule has 0 spiro atoms. The first-order valence-corrected chi connectivity index (χ1v) is 6.04. The van der Waals surface area contributed by atoms with Gasteiger partial charge in [-0.1, -0.05) is 6.07 Å². The Bertz CT molecular complexity index is 597. The molecule has 1 heterocycles. The molecule has 0 bridgehead atoms. The molecule has 0 saturated heterocycles. The predicted octanol–water partition coefficient (Wildman–Crippen LogP) is 2.50. The number of aryl methyl sites for hydroxylation is 1. The van der Waals surface area contributed by atoms with Gasteiger partial charge in [0.25, 0.3) is 10.1 Å². The molecular formula is C11H10O4S. The van der Waals surface area contributed by atoms with Gasteiger partial charge in [0.15, 0.2) is 0 Å². The molecule has 1 aromatic heterocycles. The first-order chi connectivity index (χ1) is 7.48. The van der Waals surface area contributed by atoms with Gasteiger partial charge < -0.3 is 4.42 Å². The van der Waals surface area contributed by atoms with E-state index < -0.39 is 10.1 Å². The molecule has 0 aliphatic carbocycles. The molecule has 0 aliphatic rings. The Hall–Kier alpha value is -1.59. The van der Waals surface area contributed by atoms with E-state index in [1.807, 2.05) is 0 Å². The number of rotatable bonds is 2. The first kappa shape index (κ1) is 10.9. The van der Waals surface area contributed by atoms with Crippen LogP contribution in [0, 0.1) is 6.92 Å². The fourth-order valence-corrected chi connectivity index (χ4v) is 2.26. The van der Waals surface area contributed by atoms with Gasteiger partial charge in [0.2, 0.25) is 0 Å². The third kappa shape index (κ3) is 2.00. The predicted molar refractivity (Wildman–Crippen MR) is 58.7 cm³/mol. The van der Waals surface area contributed by atoms with Gasteiger partial charge in [-0.25, -0.2) is 0 Å². The van der Waals surface area contributed by atoms with Crippen LogP contribution in [0.25, 0.3) is 11.3 Å². The zero-order valence-electron chi connectivity index (χ0n) is 8.54. The van der Waals surface area contributed by atoms with Crippen molar-refractivity contribution in [2.75, 3.05) is 0 Å². The minimum Gasteiger partial charge on any atom is -0.464 e.